The molecule has 0 amide bonds. The summed E-state index contributed by atoms with van der Waals surface area (Å²) in [7, 11) is 0. The number of benzene rings is 1. The van der Waals surface area contributed by atoms with Crippen molar-refractivity contribution in [3.63, 3.8) is 0 Å². The zero-order chi connectivity index (χ0) is 40.4. The van der Waals surface area contributed by atoms with Crippen molar-refractivity contribution in [3.05, 3.63) is 89.0 Å². The highest BCUT2D eigenvalue weighted by Crippen LogP contribution is 2.60. The van der Waals surface area contributed by atoms with Gasteiger partial charge < -0.3 is 41.6 Å². The molecule has 1 aliphatic heterocycles. The summed E-state index contributed by atoms with van der Waals surface area (Å²) in [5.74, 6) is -0.104. The van der Waals surface area contributed by atoms with E-state index in [0.717, 1.165) is 87.4 Å². The Morgan fingerprint density at radius 2 is 1.75 bits per heavy atom. The number of hydrogen-bond acceptors (Lipinski definition) is 7. The molecule has 314 valence electrons. The van der Waals surface area contributed by atoms with Crippen LogP contribution in [0.15, 0.2) is 72.2 Å². The Kier molecular flexibility index (Phi) is 15.1. The number of aromatic hydroxyl groups is 1. The number of nitrogens with two attached hydrogens (primary N) is 1. The summed E-state index contributed by atoms with van der Waals surface area (Å²) in [6.07, 6.45) is 26.8. The topological polar surface area (TPSA) is 172 Å². The molecule has 1 aromatic heterocycles. The SMILES string of the molecule is CCCCC[C@H]1C=C[C@H](CCCCC[C@H](C(=O)O)[C@H](O)CC[C@@]2(O)C[C@@H](C3(C4=CCNC(N)=C4)CCCC3)C[C@H]2Cc2cc(Cc3ccc(O)cc3)c[nH]2)[C@H](O)C1. The number of aliphatic hydroxyl groups excluding tert-OH is 2. The molecule has 9 heteroatoms. The number of carboxylic acids is 1. The molecule has 2 aromatic rings. The molecule has 0 radical (unpaired) electrons. The number of H-pyrrole nitrogens is 1. The fraction of sp³-hybridized carbons (Fsp3) is 0.646. The van der Waals surface area contributed by atoms with Gasteiger partial charge in [-0.1, -0.05) is 88.7 Å². The van der Waals surface area contributed by atoms with E-state index < -0.39 is 23.6 Å². The molecule has 6 rings (SSSR count). The molecule has 1 aromatic carbocycles. The summed E-state index contributed by atoms with van der Waals surface area (Å²) in [5, 5.41) is 58.1. The van der Waals surface area contributed by atoms with E-state index >= 15 is 0 Å². The smallest absolute Gasteiger partial charge is 0.309 e. The number of phenolic OH excluding ortho intramolecular Hbond substituents is 1. The average molecular weight is 786 g/mol. The first kappa shape index (κ1) is 43.1. The van der Waals surface area contributed by atoms with E-state index in [0.29, 0.717) is 50.4 Å². The van der Waals surface area contributed by atoms with E-state index in [1.165, 1.54) is 24.8 Å². The van der Waals surface area contributed by atoms with Gasteiger partial charge in [-0.3, -0.25) is 4.79 Å². The van der Waals surface area contributed by atoms with Crippen LogP contribution in [0.5, 0.6) is 5.75 Å². The molecule has 8 atom stereocenters. The van der Waals surface area contributed by atoms with Gasteiger partial charge in [0.15, 0.2) is 0 Å². The second kappa shape index (κ2) is 20.0. The van der Waals surface area contributed by atoms with Crippen LogP contribution in [0.2, 0.25) is 0 Å². The molecule has 9 N–H and O–H groups in total. The van der Waals surface area contributed by atoms with E-state index in [9.17, 15) is 30.3 Å². The van der Waals surface area contributed by atoms with Gasteiger partial charge in [0.05, 0.1) is 29.5 Å². The molecule has 2 heterocycles. The van der Waals surface area contributed by atoms with E-state index in [-0.39, 0.29) is 41.4 Å². The van der Waals surface area contributed by atoms with Crippen molar-refractivity contribution in [1.82, 2.24) is 10.3 Å². The standard InChI is InChI=1S/C48H71N3O6/c1-2-3-5-10-33-13-16-36(44(54)27-33)11-6-4-7-12-42(46(55)56)43(53)19-23-48(57)31-39(47(21-8-9-22-47)37-20-24-50-45(49)30-37)28-38(48)29-40-26-35(32-51-40)25-34-14-17-41(52)18-15-34/h13-18,20,26,30,32-33,36,38-39,42-44,50-54,57H,2-12,19,21-25,27-29,31,49H2,1H3,(H,55,56)/t33-,36-,38-,39-,42-,43+,44+,48+/m0/s1. The number of aromatic amines is 1. The zero-order valence-corrected chi connectivity index (χ0v) is 34.4. The number of nitrogens with one attached hydrogen (secondary N) is 2. The van der Waals surface area contributed by atoms with E-state index in [4.69, 9.17) is 5.73 Å². The van der Waals surface area contributed by atoms with E-state index in [1.54, 1.807) is 12.1 Å². The molecule has 3 aliphatic carbocycles. The highest BCUT2D eigenvalue weighted by Gasteiger charge is 2.54. The lowest BCUT2D eigenvalue weighted by Gasteiger charge is -2.39. The van der Waals surface area contributed by atoms with E-state index in [1.807, 2.05) is 18.3 Å². The Balaban J connectivity index is 1.08. The van der Waals surface area contributed by atoms with Crippen molar-refractivity contribution in [2.45, 2.75) is 153 Å². The quantitative estimate of drug-likeness (QED) is 0.0460. The van der Waals surface area contributed by atoms with Gasteiger partial charge in [-0.15, -0.1) is 0 Å². The van der Waals surface area contributed by atoms with Gasteiger partial charge in [-0.05, 0) is 141 Å². The Labute approximate surface area is 340 Å². The largest absolute Gasteiger partial charge is 0.508 e. The van der Waals surface area contributed by atoms with Gasteiger partial charge in [-0.2, -0.15) is 0 Å². The molecule has 0 unspecified atom stereocenters. The van der Waals surface area contributed by atoms with Crippen molar-refractivity contribution in [3.8, 4) is 5.75 Å². The molecular weight excluding hydrogens is 715 g/mol. The number of rotatable bonds is 21. The van der Waals surface area contributed by atoms with Crippen molar-refractivity contribution < 1.29 is 30.3 Å². The molecule has 4 aliphatic rings. The first-order valence-electron chi connectivity index (χ1n) is 22.3. The predicted molar refractivity (Wildman–Crippen MR) is 226 cm³/mol. The highest BCUT2D eigenvalue weighted by molar-refractivity contribution is 5.70. The number of unbranched alkanes of at least 4 members (excludes halogenated alkanes) is 4. The number of dihydropyridines is 1. The third-order valence-electron chi connectivity index (χ3n) is 14.4. The van der Waals surface area contributed by atoms with Crippen LogP contribution in [-0.2, 0) is 17.6 Å². The fourth-order valence-corrected chi connectivity index (χ4v) is 11.1. The molecule has 2 saturated carbocycles. The van der Waals surface area contributed by atoms with Crippen LogP contribution in [0, 0.1) is 35.0 Å². The number of hydrogen-bond donors (Lipinski definition) is 8. The van der Waals surface area contributed by atoms with Crippen molar-refractivity contribution in [2.75, 3.05) is 6.54 Å². The Bertz CT molecular complexity index is 1670. The van der Waals surface area contributed by atoms with Crippen LogP contribution in [0.1, 0.15) is 139 Å². The molecule has 9 nitrogen and oxygen atoms in total. The molecule has 0 bridgehead atoms. The number of aliphatic carboxylic acids is 1. The van der Waals surface area contributed by atoms with Crippen molar-refractivity contribution in [1.29, 1.82) is 0 Å². The van der Waals surface area contributed by atoms with Crippen molar-refractivity contribution in [2.24, 2.45) is 40.7 Å². The molecule has 2 fully saturated rings. The lowest BCUT2D eigenvalue weighted by Crippen LogP contribution is -2.38. The summed E-state index contributed by atoms with van der Waals surface area (Å²) in [5.41, 5.74) is 9.77. The van der Waals surface area contributed by atoms with Crippen LogP contribution in [0.3, 0.4) is 0 Å². The number of carboxylic acid groups (broad SMARTS) is 1. The zero-order valence-electron chi connectivity index (χ0n) is 34.4. The van der Waals surface area contributed by atoms with Gasteiger partial charge in [0.1, 0.15) is 5.75 Å². The first-order valence-corrected chi connectivity index (χ1v) is 22.3. The number of phenols is 1. The summed E-state index contributed by atoms with van der Waals surface area (Å²) >= 11 is 0. The first-order chi connectivity index (χ1) is 27.5. The van der Waals surface area contributed by atoms with Crippen LogP contribution in [-0.4, -0.2) is 60.8 Å². The predicted octanol–water partition coefficient (Wildman–Crippen LogP) is 8.43. The van der Waals surface area contributed by atoms with Gasteiger partial charge in [0.25, 0.3) is 0 Å². The normalized spacial score (nSPS) is 28.1. The third-order valence-corrected chi connectivity index (χ3v) is 14.4. The molecule has 0 spiro atoms. The minimum Gasteiger partial charge on any atom is -0.508 e. The van der Waals surface area contributed by atoms with E-state index in [2.05, 4.69) is 47.6 Å². The van der Waals surface area contributed by atoms with Crippen LogP contribution >= 0.6 is 0 Å². The number of aromatic nitrogens is 1. The molecule has 0 saturated heterocycles. The second-order valence-electron chi connectivity index (χ2n) is 18.3. The van der Waals surface area contributed by atoms with Gasteiger partial charge in [-0.25, -0.2) is 0 Å². The van der Waals surface area contributed by atoms with Gasteiger partial charge in [0, 0.05) is 24.4 Å². The summed E-state index contributed by atoms with van der Waals surface area (Å²) < 4.78 is 0. The number of carbonyl (C=O) groups is 1. The summed E-state index contributed by atoms with van der Waals surface area (Å²) in [6.45, 7) is 2.92. The minimum absolute atomic E-state index is 0.0583. The molecular formula is C48H71N3O6. The summed E-state index contributed by atoms with van der Waals surface area (Å²) in [6, 6.07) is 9.45. The maximum absolute atomic E-state index is 12.7. The van der Waals surface area contributed by atoms with Gasteiger partial charge in [0.2, 0.25) is 0 Å². The highest BCUT2D eigenvalue weighted by atomic mass is 16.4. The van der Waals surface area contributed by atoms with Gasteiger partial charge >= 0.3 is 5.97 Å². The Hall–Kier alpha value is -3.53. The Morgan fingerprint density at radius 3 is 2.47 bits per heavy atom. The second-order valence-corrected chi connectivity index (χ2v) is 18.3. The van der Waals surface area contributed by atoms with Crippen molar-refractivity contribution >= 4 is 5.97 Å². The number of aliphatic hydroxyl groups is 3. The monoisotopic (exact) mass is 786 g/mol. The average Bonchev–Trinajstić information content (AvgIpc) is 3.94. The maximum Gasteiger partial charge on any atom is 0.309 e. The van der Waals surface area contributed by atoms with Crippen LogP contribution in [0.25, 0.3) is 0 Å². The molecule has 57 heavy (non-hydrogen) atoms. The lowest BCUT2D eigenvalue weighted by atomic mass is 9.66. The maximum atomic E-state index is 12.7. The third kappa shape index (κ3) is 11.2. The minimum atomic E-state index is -1.06. The fourth-order valence-electron chi connectivity index (χ4n) is 11.1. The van der Waals surface area contributed by atoms with Crippen LogP contribution in [0.4, 0.5) is 0 Å². The Morgan fingerprint density at radius 1 is 0.982 bits per heavy atom. The van der Waals surface area contributed by atoms with Crippen LogP contribution < -0.4 is 11.1 Å². The number of allylic oxidation sites excluding steroid dienone is 3. The summed E-state index contributed by atoms with van der Waals surface area (Å²) in [4.78, 5) is 16.0. The lowest BCUT2D eigenvalue weighted by molar-refractivity contribution is -0.146.